The predicted molar refractivity (Wildman–Crippen MR) is 134 cm³/mol. The monoisotopic (exact) mass is 475 g/mol. The zero-order valence-electron chi connectivity index (χ0n) is 20.5. The molecule has 0 bridgehead atoms. The second kappa shape index (κ2) is 8.38. The van der Waals surface area contributed by atoms with Gasteiger partial charge in [-0.05, 0) is 62.4 Å². The molecule has 0 unspecified atom stereocenters. The fourth-order valence-electron chi connectivity index (χ4n) is 6.08. The number of aromatic nitrogens is 1. The van der Waals surface area contributed by atoms with Crippen molar-refractivity contribution in [3.05, 3.63) is 53.6 Å². The van der Waals surface area contributed by atoms with Crippen LogP contribution in [0.25, 0.3) is 22.2 Å². The Kier molecular flexibility index (Phi) is 5.42. The van der Waals surface area contributed by atoms with Gasteiger partial charge in [0, 0.05) is 23.0 Å². The van der Waals surface area contributed by atoms with Crippen molar-refractivity contribution in [1.29, 1.82) is 0 Å². The highest BCUT2D eigenvalue weighted by Crippen LogP contribution is 2.48. The van der Waals surface area contributed by atoms with Gasteiger partial charge in [0.1, 0.15) is 12.4 Å². The number of carboxylic acids is 1. The largest absolute Gasteiger partial charge is 0.492 e. The molecule has 2 aromatic carbocycles. The predicted octanol–water partition coefficient (Wildman–Crippen LogP) is 6.22. The standard InChI is InChI=1S/C29H33NO5/c1-28(2)34-17-29(18-35-28)15-30-23-14-20(27(31)32)12-13-21(23)25(19-8-4-3-5-9-19)26(30)22-10-6-7-11-24(22)33-16-29/h6-7,10-14,19H,3-5,8-9,15-18H2,1-2H3,(H,31,32). The molecule has 1 aliphatic carbocycles. The van der Waals surface area contributed by atoms with E-state index >= 15 is 0 Å². The molecular weight excluding hydrogens is 442 g/mol. The summed E-state index contributed by atoms with van der Waals surface area (Å²) in [5, 5.41) is 10.9. The molecule has 35 heavy (non-hydrogen) atoms. The molecule has 0 radical (unpaired) electrons. The normalized spacial score (nSPS) is 21.5. The molecule has 6 rings (SSSR count). The van der Waals surface area contributed by atoms with Gasteiger partial charge < -0.3 is 23.9 Å². The molecule has 1 spiro atoms. The number of hydrogen-bond donors (Lipinski definition) is 1. The summed E-state index contributed by atoms with van der Waals surface area (Å²) in [6, 6.07) is 13.9. The number of aromatic carboxylic acids is 1. The Bertz CT molecular complexity index is 1270. The van der Waals surface area contributed by atoms with E-state index in [0.717, 1.165) is 40.8 Å². The Morgan fingerprint density at radius 1 is 1.00 bits per heavy atom. The van der Waals surface area contributed by atoms with Crippen LogP contribution >= 0.6 is 0 Å². The summed E-state index contributed by atoms with van der Waals surface area (Å²) in [7, 11) is 0. The van der Waals surface area contributed by atoms with Crippen LogP contribution in [0.15, 0.2) is 42.5 Å². The van der Waals surface area contributed by atoms with Crippen LogP contribution in [0.3, 0.4) is 0 Å². The maximum Gasteiger partial charge on any atom is 0.335 e. The third-order valence-corrected chi connectivity index (χ3v) is 7.99. The molecule has 1 N–H and O–H groups in total. The molecule has 0 atom stereocenters. The molecular formula is C29H33NO5. The van der Waals surface area contributed by atoms with Crippen LogP contribution in [0.1, 0.15) is 67.8 Å². The zero-order valence-corrected chi connectivity index (χ0v) is 20.5. The van der Waals surface area contributed by atoms with Crippen molar-refractivity contribution in [2.75, 3.05) is 19.8 Å². The average molecular weight is 476 g/mol. The fraction of sp³-hybridized carbons (Fsp3) is 0.483. The molecule has 0 amide bonds. The minimum atomic E-state index is -0.906. The Hall–Kier alpha value is -2.83. The van der Waals surface area contributed by atoms with Gasteiger partial charge in [0.15, 0.2) is 5.79 Å². The van der Waals surface area contributed by atoms with Crippen LogP contribution in [0, 0.1) is 5.41 Å². The van der Waals surface area contributed by atoms with E-state index in [0.29, 0.717) is 37.8 Å². The highest BCUT2D eigenvalue weighted by atomic mass is 16.7. The van der Waals surface area contributed by atoms with Crippen LogP contribution in [-0.4, -0.2) is 41.3 Å². The van der Waals surface area contributed by atoms with Crippen LogP contribution in [0.2, 0.25) is 0 Å². The highest BCUT2D eigenvalue weighted by Gasteiger charge is 2.44. The topological polar surface area (TPSA) is 69.9 Å². The number of hydrogen-bond acceptors (Lipinski definition) is 4. The lowest BCUT2D eigenvalue weighted by Crippen LogP contribution is -2.51. The summed E-state index contributed by atoms with van der Waals surface area (Å²) in [6.45, 7) is 6.01. The third-order valence-electron chi connectivity index (χ3n) is 7.99. The van der Waals surface area contributed by atoms with Gasteiger partial charge in [0.2, 0.25) is 0 Å². The molecule has 1 saturated heterocycles. The second-order valence-corrected chi connectivity index (χ2v) is 11.0. The first-order valence-electron chi connectivity index (χ1n) is 12.8. The van der Waals surface area contributed by atoms with Crippen LogP contribution in [0.5, 0.6) is 5.75 Å². The number of carbonyl (C=O) groups is 1. The first kappa shape index (κ1) is 22.6. The molecule has 6 nitrogen and oxygen atoms in total. The maximum atomic E-state index is 11.9. The van der Waals surface area contributed by atoms with Gasteiger partial charge in [0.05, 0.1) is 29.9 Å². The van der Waals surface area contributed by atoms with Crippen molar-refractivity contribution in [3.8, 4) is 17.0 Å². The quantitative estimate of drug-likeness (QED) is 0.477. The van der Waals surface area contributed by atoms with Crippen molar-refractivity contribution >= 4 is 16.9 Å². The van der Waals surface area contributed by atoms with Gasteiger partial charge in [0.25, 0.3) is 0 Å². The smallest absolute Gasteiger partial charge is 0.335 e. The Morgan fingerprint density at radius 3 is 2.49 bits per heavy atom. The fourth-order valence-corrected chi connectivity index (χ4v) is 6.08. The van der Waals surface area contributed by atoms with E-state index in [1.54, 1.807) is 6.07 Å². The Balaban J connectivity index is 1.62. The van der Waals surface area contributed by atoms with E-state index in [1.165, 1.54) is 24.8 Å². The zero-order chi connectivity index (χ0) is 24.2. The van der Waals surface area contributed by atoms with Crippen molar-refractivity contribution in [3.63, 3.8) is 0 Å². The third kappa shape index (κ3) is 3.93. The molecule has 6 heteroatoms. The number of benzene rings is 2. The van der Waals surface area contributed by atoms with Crippen LogP contribution in [0.4, 0.5) is 0 Å². The SMILES string of the molecule is CC1(C)OCC2(COc3ccccc3-c3c(C4CCCCC4)c4ccc(C(=O)O)cc4n3C2)CO1. The Morgan fingerprint density at radius 2 is 1.74 bits per heavy atom. The van der Waals surface area contributed by atoms with Crippen LogP contribution in [-0.2, 0) is 16.0 Å². The molecule has 1 aromatic heterocycles. The number of ether oxygens (including phenoxy) is 3. The lowest BCUT2D eigenvalue weighted by Gasteiger charge is -2.44. The average Bonchev–Trinajstić information content (AvgIpc) is 3.16. The number of carboxylic acid groups (broad SMARTS) is 1. The summed E-state index contributed by atoms with van der Waals surface area (Å²) in [5.74, 6) is -0.232. The van der Waals surface area contributed by atoms with E-state index in [9.17, 15) is 9.90 Å². The van der Waals surface area contributed by atoms with Gasteiger partial charge in [-0.1, -0.05) is 37.5 Å². The summed E-state index contributed by atoms with van der Waals surface area (Å²) >= 11 is 0. The van der Waals surface area contributed by atoms with Gasteiger partial charge >= 0.3 is 5.97 Å². The first-order valence-corrected chi connectivity index (χ1v) is 12.8. The molecule has 3 heterocycles. The molecule has 184 valence electrons. The first-order chi connectivity index (χ1) is 16.9. The molecule has 3 aromatic rings. The van der Waals surface area contributed by atoms with Crippen molar-refractivity contribution in [1.82, 2.24) is 4.57 Å². The lowest BCUT2D eigenvalue weighted by molar-refractivity contribution is -0.291. The minimum Gasteiger partial charge on any atom is -0.492 e. The minimum absolute atomic E-state index is 0.311. The highest BCUT2D eigenvalue weighted by molar-refractivity contribution is 5.98. The van der Waals surface area contributed by atoms with E-state index in [-0.39, 0.29) is 5.41 Å². The van der Waals surface area contributed by atoms with Gasteiger partial charge in [-0.15, -0.1) is 0 Å². The summed E-state index contributed by atoms with van der Waals surface area (Å²) in [4.78, 5) is 11.9. The number of nitrogens with zero attached hydrogens (tertiary/aromatic N) is 1. The second-order valence-electron chi connectivity index (χ2n) is 11.0. The van der Waals surface area contributed by atoms with Crippen molar-refractivity contribution < 1.29 is 24.1 Å². The molecule has 2 fully saturated rings. The van der Waals surface area contributed by atoms with Crippen molar-refractivity contribution in [2.24, 2.45) is 5.41 Å². The lowest BCUT2D eigenvalue weighted by atomic mass is 9.81. The summed E-state index contributed by atoms with van der Waals surface area (Å²) < 4.78 is 21.1. The molecule has 3 aliphatic rings. The van der Waals surface area contributed by atoms with E-state index < -0.39 is 11.8 Å². The Labute approximate surface area is 205 Å². The molecule has 1 saturated carbocycles. The van der Waals surface area contributed by atoms with E-state index in [1.807, 2.05) is 38.1 Å². The summed E-state index contributed by atoms with van der Waals surface area (Å²) in [6.07, 6.45) is 6.04. The van der Waals surface area contributed by atoms with E-state index in [2.05, 4.69) is 16.7 Å². The van der Waals surface area contributed by atoms with Gasteiger partial charge in [-0.3, -0.25) is 0 Å². The van der Waals surface area contributed by atoms with E-state index in [4.69, 9.17) is 14.2 Å². The number of fused-ring (bicyclic) bond motifs is 5. The number of para-hydroxylation sites is 1. The number of rotatable bonds is 2. The van der Waals surface area contributed by atoms with Gasteiger partial charge in [-0.25, -0.2) is 4.79 Å². The van der Waals surface area contributed by atoms with Gasteiger partial charge in [-0.2, -0.15) is 0 Å². The summed E-state index contributed by atoms with van der Waals surface area (Å²) in [5.41, 5.74) is 4.48. The van der Waals surface area contributed by atoms with Crippen molar-refractivity contribution in [2.45, 2.75) is 64.2 Å². The maximum absolute atomic E-state index is 11.9. The van der Waals surface area contributed by atoms with Crippen LogP contribution < -0.4 is 4.74 Å². The molecule has 2 aliphatic heterocycles.